The van der Waals surface area contributed by atoms with E-state index in [0.29, 0.717) is 30.2 Å². The molecule has 0 aliphatic heterocycles. The van der Waals surface area contributed by atoms with E-state index >= 15 is 0 Å². The van der Waals surface area contributed by atoms with Crippen molar-refractivity contribution >= 4 is 17.6 Å². The Kier molecular flexibility index (Phi) is 7.60. The molecule has 0 aromatic heterocycles. The average molecular weight is 358 g/mol. The van der Waals surface area contributed by atoms with Crippen LogP contribution in [-0.4, -0.2) is 41.3 Å². The van der Waals surface area contributed by atoms with Crippen molar-refractivity contribution in [2.75, 3.05) is 18.5 Å². The second-order valence-electron chi connectivity index (χ2n) is 5.61. The largest absolute Gasteiger partial charge is 0.480 e. The van der Waals surface area contributed by atoms with Crippen LogP contribution in [0.5, 0.6) is 11.5 Å². The first-order valence-corrected chi connectivity index (χ1v) is 8.28. The first-order chi connectivity index (χ1) is 12.6. The van der Waals surface area contributed by atoms with E-state index < -0.39 is 17.9 Å². The minimum absolute atomic E-state index is 0.0388. The number of para-hydroxylation sites is 1. The zero-order chi connectivity index (χ0) is 18.8. The minimum atomic E-state index is -1.11. The van der Waals surface area contributed by atoms with Crippen LogP contribution < -0.4 is 15.4 Å². The molecular formula is C19H22N2O5. The van der Waals surface area contributed by atoms with Gasteiger partial charge in [-0.1, -0.05) is 18.2 Å². The van der Waals surface area contributed by atoms with E-state index in [1.54, 1.807) is 24.3 Å². The maximum absolute atomic E-state index is 12.0. The molecule has 138 valence electrons. The lowest BCUT2D eigenvalue weighted by Gasteiger charge is -2.14. The summed E-state index contributed by atoms with van der Waals surface area (Å²) in [7, 11) is 0. The van der Waals surface area contributed by atoms with Gasteiger partial charge in [0.15, 0.2) is 0 Å². The van der Waals surface area contributed by atoms with Crippen LogP contribution >= 0.6 is 0 Å². The maximum Gasteiger partial charge on any atom is 0.321 e. The van der Waals surface area contributed by atoms with Crippen LogP contribution in [0.3, 0.4) is 0 Å². The average Bonchev–Trinajstić information content (AvgIpc) is 2.63. The number of carbonyl (C=O) groups excluding carboxylic acids is 1. The normalized spacial score (nSPS) is 11.6. The van der Waals surface area contributed by atoms with Gasteiger partial charge >= 0.3 is 5.97 Å². The van der Waals surface area contributed by atoms with Crippen LogP contribution in [0.15, 0.2) is 54.6 Å². The van der Waals surface area contributed by atoms with Gasteiger partial charge in [0.2, 0.25) is 5.91 Å². The van der Waals surface area contributed by atoms with Crippen molar-refractivity contribution in [1.82, 2.24) is 5.32 Å². The van der Waals surface area contributed by atoms with Gasteiger partial charge in [0, 0.05) is 12.3 Å². The predicted molar refractivity (Wildman–Crippen MR) is 97.3 cm³/mol. The van der Waals surface area contributed by atoms with Gasteiger partial charge in [0.05, 0.1) is 6.42 Å². The van der Waals surface area contributed by atoms with E-state index in [0.717, 1.165) is 0 Å². The van der Waals surface area contributed by atoms with Gasteiger partial charge in [0.25, 0.3) is 0 Å². The van der Waals surface area contributed by atoms with Crippen LogP contribution in [0.2, 0.25) is 0 Å². The molecule has 26 heavy (non-hydrogen) atoms. The number of hydrogen-bond acceptors (Lipinski definition) is 5. The van der Waals surface area contributed by atoms with Gasteiger partial charge in [-0.3, -0.25) is 9.59 Å². The van der Waals surface area contributed by atoms with Crippen molar-refractivity contribution in [3.05, 3.63) is 54.6 Å². The molecule has 0 unspecified atom stereocenters. The van der Waals surface area contributed by atoms with Crippen LogP contribution in [0.1, 0.15) is 12.8 Å². The second kappa shape index (κ2) is 10.2. The quantitative estimate of drug-likeness (QED) is 0.485. The number of nitrogens with one attached hydrogen (secondary N) is 2. The molecule has 4 N–H and O–H groups in total. The molecule has 0 heterocycles. The van der Waals surface area contributed by atoms with Crippen molar-refractivity contribution in [1.29, 1.82) is 0 Å². The zero-order valence-corrected chi connectivity index (χ0v) is 14.2. The summed E-state index contributed by atoms with van der Waals surface area (Å²) in [6.45, 7) is 0.287. The summed E-state index contributed by atoms with van der Waals surface area (Å²) >= 11 is 0. The molecule has 0 radical (unpaired) electrons. The Morgan fingerprint density at radius 2 is 1.65 bits per heavy atom. The molecule has 2 aromatic rings. The number of aliphatic hydroxyl groups excluding tert-OH is 1. The van der Waals surface area contributed by atoms with E-state index in [4.69, 9.17) is 14.9 Å². The van der Waals surface area contributed by atoms with E-state index in [9.17, 15) is 9.59 Å². The van der Waals surface area contributed by atoms with Crippen molar-refractivity contribution < 1.29 is 24.5 Å². The minimum Gasteiger partial charge on any atom is -0.480 e. The lowest BCUT2D eigenvalue weighted by atomic mass is 10.2. The standard InChI is InChI=1S/C19H22N2O5/c22-12-4-11-20-17(19(24)25)13-18(23)21-14-7-9-16(10-8-14)26-15-5-2-1-3-6-15/h1-3,5-10,17,20,22H,4,11-13H2,(H,21,23)(H,24,25)/t17-/m1/s1. The molecule has 0 saturated heterocycles. The van der Waals surface area contributed by atoms with Gasteiger partial charge in [-0.2, -0.15) is 0 Å². The fourth-order valence-corrected chi connectivity index (χ4v) is 2.23. The third-order valence-electron chi connectivity index (χ3n) is 3.53. The van der Waals surface area contributed by atoms with E-state index in [1.807, 2.05) is 30.3 Å². The Morgan fingerprint density at radius 1 is 1.00 bits per heavy atom. The monoisotopic (exact) mass is 358 g/mol. The first-order valence-electron chi connectivity index (χ1n) is 8.28. The number of carboxylic acid groups (broad SMARTS) is 1. The molecule has 0 fully saturated rings. The van der Waals surface area contributed by atoms with Crippen LogP contribution in [0.4, 0.5) is 5.69 Å². The Labute approximate surface area is 151 Å². The molecular weight excluding hydrogens is 336 g/mol. The highest BCUT2D eigenvalue weighted by atomic mass is 16.5. The lowest BCUT2D eigenvalue weighted by Crippen LogP contribution is -2.40. The number of carboxylic acids is 1. The number of anilines is 1. The number of ether oxygens (including phenoxy) is 1. The smallest absolute Gasteiger partial charge is 0.321 e. The molecule has 0 spiro atoms. The molecule has 1 atom stereocenters. The molecule has 7 nitrogen and oxygen atoms in total. The first kappa shape index (κ1) is 19.4. The number of hydrogen-bond donors (Lipinski definition) is 4. The van der Waals surface area contributed by atoms with Gasteiger partial charge in [-0.05, 0) is 49.4 Å². The van der Waals surface area contributed by atoms with Crippen LogP contribution in [0, 0.1) is 0 Å². The summed E-state index contributed by atoms with van der Waals surface area (Å²) in [5.41, 5.74) is 0.551. The third-order valence-corrected chi connectivity index (χ3v) is 3.53. The molecule has 0 bridgehead atoms. The van der Waals surface area contributed by atoms with Crippen molar-refractivity contribution in [3.63, 3.8) is 0 Å². The molecule has 0 aliphatic carbocycles. The molecule has 0 saturated carbocycles. The molecule has 0 aliphatic rings. The lowest BCUT2D eigenvalue weighted by molar-refractivity contribution is -0.141. The Hall–Kier alpha value is -2.90. The Bertz CT molecular complexity index is 704. The van der Waals surface area contributed by atoms with Gasteiger partial charge in [-0.25, -0.2) is 0 Å². The van der Waals surface area contributed by atoms with E-state index in [2.05, 4.69) is 10.6 Å². The highest BCUT2D eigenvalue weighted by Gasteiger charge is 2.20. The number of rotatable bonds is 10. The zero-order valence-electron chi connectivity index (χ0n) is 14.2. The van der Waals surface area contributed by atoms with Gasteiger partial charge < -0.3 is 25.6 Å². The number of carbonyl (C=O) groups is 2. The number of aliphatic carboxylic acids is 1. The number of aliphatic hydroxyl groups is 1. The van der Waals surface area contributed by atoms with Crippen LogP contribution in [-0.2, 0) is 9.59 Å². The second-order valence-corrected chi connectivity index (χ2v) is 5.61. The summed E-state index contributed by atoms with van der Waals surface area (Å²) in [6.07, 6.45) is 0.220. The van der Waals surface area contributed by atoms with Gasteiger partial charge in [-0.15, -0.1) is 0 Å². The topological polar surface area (TPSA) is 108 Å². The highest BCUT2D eigenvalue weighted by molar-refractivity contribution is 5.94. The highest BCUT2D eigenvalue weighted by Crippen LogP contribution is 2.22. The van der Waals surface area contributed by atoms with E-state index in [-0.39, 0.29) is 13.0 Å². The van der Waals surface area contributed by atoms with Crippen molar-refractivity contribution in [2.24, 2.45) is 0 Å². The summed E-state index contributed by atoms with van der Waals surface area (Å²) in [6, 6.07) is 15.1. The SMILES string of the molecule is O=C(C[C@@H](NCCCO)C(=O)O)Nc1ccc(Oc2ccccc2)cc1. The number of benzene rings is 2. The fraction of sp³-hybridized carbons (Fsp3) is 0.263. The summed E-state index contributed by atoms with van der Waals surface area (Å²) in [4.78, 5) is 23.2. The van der Waals surface area contributed by atoms with Gasteiger partial charge in [0.1, 0.15) is 17.5 Å². The summed E-state index contributed by atoms with van der Waals surface area (Å²) in [5.74, 6) is -0.179. The maximum atomic E-state index is 12.0. The number of amides is 1. The summed E-state index contributed by atoms with van der Waals surface area (Å²) < 4.78 is 5.67. The van der Waals surface area contributed by atoms with E-state index in [1.165, 1.54) is 0 Å². The van der Waals surface area contributed by atoms with Crippen LogP contribution in [0.25, 0.3) is 0 Å². The molecule has 1 amide bonds. The Morgan fingerprint density at radius 3 is 2.27 bits per heavy atom. The third kappa shape index (κ3) is 6.54. The fourth-order valence-electron chi connectivity index (χ4n) is 2.23. The predicted octanol–water partition coefficient (Wildman–Crippen LogP) is 2.23. The van der Waals surface area contributed by atoms with Crippen molar-refractivity contribution in [3.8, 4) is 11.5 Å². The molecule has 7 heteroatoms. The summed E-state index contributed by atoms with van der Waals surface area (Å²) in [5, 5.41) is 23.3. The molecule has 2 rings (SSSR count). The Balaban J connectivity index is 1.87. The molecule has 2 aromatic carbocycles. The van der Waals surface area contributed by atoms with Crippen molar-refractivity contribution in [2.45, 2.75) is 18.9 Å².